The zero-order chi connectivity index (χ0) is 20.1. The summed E-state index contributed by atoms with van der Waals surface area (Å²) >= 11 is 6.07. The Morgan fingerprint density at radius 1 is 1.11 bits per heavy atom. The van der Waals surface area contributed by atoms with Crippen molar-refractivity contribution in [1.82, 2.24) is 25.2 Å². The van der Waals surface area contributed by atoms with Crippen molar-refractivity contribution in [3.63, 3.8) is 0 Å². The normalized spacial score (nSPS) is 12.1. The Hall–Kier alpha value is -2.93. The van der Waals surface area contributed by atoms with Gasteiger partial charge in [-0.2, -0.15) is 0 Å². The van der Waals surface area contributed by atoms with E-state index in [0.717, 1.165) is 11.5 Å². The van der Waals surface area contributed by atoms with Gasteiger partial charge in [-0.3, -0.25) is 14.0 Å². The number of aromatic nitrogens is 3. The highest BCUT2D eigenvalue weighted by molar-refractivity contribution is 6.33. The van der Waals surface area contributed by atoms with E-state index in [4.69, 9.17) is 11.6 Å². The van der Waals surface area contributed by atoms with E-state index < -0.39 is 6.04 Å². The second-order valence-electron chi connectivity index (χ2n) is 6.76. The second kappa shape index (κ2) is 8.84. The van der Waals surface area contributed by atoms with Gasteiger partial charge in [-0.25, -0.2) is 0 Å². The Balaban J connectivity index is 1.60. The molecule has 7 nitrogen and oxygen atoms in total. The minimum atomic E-state index is -0.668. The Morgan fingerprint density at radius 3 is 2.61 bits per heavy atom. The molecule has 2 N–H and O–H groups in total. The van der Waals surface area contributed by atoms with Gasteiger partial charge in [0.25, 0.3) is 5.91 Å². The van der Waals surface area contributed by atoms with Crippen LogP contribution in [-0.2, 0) is 11.2 Å². The first kappa shape index (κ1) is 19.8. The number of hydrogen-bond acceptors (Lipinski definition) is 4. The fourth-order valence-electron chi connectivity index (χ4n) is 2.87. The number of nitrogens with zero attached hydrogens (tertiary/aromatic N) is 3. The van der Waals surface area contributed by atoms with E-state index in [1.807, 2.05) is 42.6 Å². The maximum atomic E-state index is 12.6. The molecular formula is C20H22ClN5O2. The minimum Gasteiger partial charge on any atom is -0.354 e. The van der Waals surface area contributed by atoms with Crippen LogP contribution < -0.4 is 10.6 Å². The van der Waals surface area contributed by atoms with Crippen LogP contribution in [0.5, 0.6) is 0 Å². The maximum Gasteiger partial charge on any atom is 0.253 e. The molecular weight excluding hydrogens is 378 g/mol. The number of pyridine rings is 1. The lowest BCUT2D eigenvalue weighted by molar-refractivity contribution is -0.123. The molecule has 2 amide bonds. The van der Waals surface area contributed by atoms with Gasteiger partial charge in [0.15, 0.2) is 5.65 Å². The van der Waals surface area contributed by atoms with Crippen LogP contribution in [0.2, 0.25) is 5.02 Å². The molecule has 146 valence electrons. The quantitative estimate of drug-likeness (QED) is 0.638. The topological polar surface area (TPSA) is 88.4 Å². The second-order valence-corrected chi connectivity index (χ2v) is 7.17. The van der Waals surface area contributed by atoms with E-state index in [1.54, 1.807) is 24.3 Å². The smallest absolute Gasteiger partial charge is 0.253 e. The molecule has 0 aliphatic heterocycles. The summed E-state index contributed by atoms with van der Waals surface area (Å²) in [6.45, 7) is 4.14. The van der Waals surface area contributed by atoms with E-state index in [0.29, 0.717) is 23.6 Å². The average molecular weight is 400 g/mol. The number of fused-ring (bicyclic) bond motifs is 1. The molecule has 0 fully saturated rings. The fraction of sp³-hybridized carbons (Fsp3) is 0.300. The van der Waals surface area contributed by atoms with E-state index in [2.05, 4.69) is 20.8 Å². The lowest BCUT2D eigenvalue weighted by atomic mass is 10.0. The van der Waals surface area contributed by atoms with Gasteiger partial charge in [0.2, 0.25) is 5.91 Å². The highest BCUT2D eigenvalue weighted by Gasteiger charge is 2.25. The Labute approximate surface area is 168 Å². The minimum absolute atomic E-state index is 0.0830. The SMILES string of the molecule is CC(C)C(NC(=O)c1ccccc1Cl)C(=O)NCCc1nnc2ccccn12. The number of carbonyl (C=O) groups excluding carboxylic acids is 2. The van der Waals surface area contributed by atoms with Gasteiger partial charge in [0.05, 0.1) is 10.6 Å². The van der Waals surface area contributed by atoms with Gasteiger partial charge in [0, 0.05) is 19.2 Å². The van der Waals surface area contributed by atoms with Crippen LogP contribution >= 0.6 is 11.6 Å². The van der Waals surface area contributed by atoms with Crippen LogP contribution in [0.15, 0.2) is 48.7 Å². The monoisotopic (exact) mass is 399 g/mol. The van der Waals surface area contributed by atoms with Crippen LogP contribution in [0.25, 0.3) is 5.65 Å². The lowest BCUT2D eigenvalue weighted by Crippen LogP contribution is -2.50. The highest BCUT2D eigenvalue weighted by Crippen LogP contribution is 2.15. The Bertz CT molecular complexity index is 985. The third kappa shape index (κ3) is 4.48. The van der Waals surface area contributed by atoms with Gasteiger partial charge in [0.1, 0.15) is 11.9 Å². The molecule has 0 aliphatic rings. The van der Waals surface area contributed by atoms with Crippen molar-refractivity contribution in [2.24, 2.45) is 5.92 Å². The molecule has 1 unspecified atom stereocenters. The van der Waals surface area contributed by atoms with Crippen molar-refractivity contribution in [3.8, 4) is 0 Å². The van der Waals surface area contributed by atoms with Gasteiger partial charge >= 0.3 is 0 Å². The fourth-order valence-corrected chi connectivity index (χ4v) is 3.09. The first-order chi connectivity index (χ1) is 13.5. The highest BCUT2D eigenvalue weighted by atomic mass is 35.5. The van der Waals surface area contributed by atoms with E-state index in [-0.39, 0.29) is 17.7 Å². The summed E-state index contributed by atoms with van der Waals surface area (Å²) in [5, 5.41) is 14.2. The van der Waals surface area contributed by atoms with Gasteiger partial charge in [-0.15, -0.1) is 10.2 Å². The first-order valence-corrected chi connectivity index (χ1v) is 9.47. The molecule has 0 saturated heterocycles. The molecule has 28 heavy (non-hydrogen) atoms. The first-order valence-electron chi connectivity index (χ1n) is 9.09. The molecule has 1 atom stereocenters. The van der Waals surface area contributed by atoms with Crippen LogP contribution in [0.4, 0.5) is 0 Å². The number of benzene rings is 1. The van der Waals surface area contributed by atoms with Crippen molar-refractivity contribution < 1.29 is 9.59 Å². The van der Waals surface area contributed by atoms with Crippen LogP contribution in [-0.4, -0.2) is 39.0 Å². The number of amides is 2. The van der Waals surface area contributed by atoms with E-state index in [1.165, 1.54) is 0 Å². The Morgan fingerprint density at radius 2 is 1.86 bits per heavy atom. The zero-order valence-electron chi connectivity index (χ0n) is 15.7. The number of rotatable bonds is 7. The largest absolute Gasteiger partial charge is 0.354 e. The van der Waals surface area contributed by atoms with Crippen molar-refractivity contribution in [3.05, 3.63) is 65.1 Å². The standard InChI is InChI=1S/C20H22ClN5O2/c1-13(2)18(23-19(27)14-7-3-4-8-15(14)21)20(28)22-11-10-17-25-24-16-9-5-6-12-26(16)17/h3-9,12-13,18H,10-11H2,1-2H3,(H,22,28)(H,23,27). The molecule has 0 bridgehead atoms. The van der Waals surface area contributed by atoms with Crippen molar-refractivity contribution in [1.29, 1.82) is 0 Å². The van der Waals surface area contributed by atoms with Crippen molar-refractivity contribution in [2.45, 2.75) is 26.3 Å². The summed E-state index contributed by atoms with van der Waals surface area (Å²) < 4.78 is 1.88. The summed E-state index contributed by atoms with van der Waals surface area (Å²) in [6.07, 6.45) is 2.41. The van der Waals surface area contributed by atoms with Crippen molar-refractivity contribution >= 4 is 29.1 Å². The number of halogens is 1. The lowest BCUT2D eigenvalue weighted by Gasteiger charge is -2.22. The van der Waals surface area contributed by atoms with E-state index in [9.17, 15) is 9.59 Å². The van der Waals surface area contributed by atoms with Gasteiger partial charge < -0.3 is 10.6 Å². The molecule has 3 rings (SSSR count). The molecule has 0 radical (unpaired) electrons. The Kier molecular flexibility index (Phi) is 6.26. The van der Waals surface area contributed by atoms with Gasteiger partial charge in [-0.05, 0) is 30.2 Å². The third-order valence-electron chi connectivity index (χ3n) is 4.39. The predicted octanol–water partition coefficient (Wildman–Crippen LogP) is 2.50. The summed E-state index contributed by atoms with van der Waals surface area (Å²) in [7, 11) is 0. The molecule has 2 heterocycles. The summed E-state index contributed by atoms with van der Waals surface area (Å²) in [5.74, 6) is 0.0598. The predicted molar refractivity (Wildman–Crippen MR) is 107 cm³/mol. The van der Waals surface area contributed by atoms with Crippen LogP contribution in [0.3, 0.4) is 0 Å². The summed E-state index contributed by atoms with van der Waals surface area (Å²) in [5.41, 5.74) is 1.11. The summed E-state index contributed by atoms with van der Waals surface area (Å²) in [6, 6.07) is 11.7. The third-order valence-corrected chi connectivity index (χ3v) is 4.72. The zero-order valence-corrected chi connectivity index (χ0v) is 16.5. The molecule has 3 aromatic rings. The van der Waals surface area contributed by atoms with Gasteiger partial charge in [-0.1, -0.05) is 43.6 Å². The molecule has 0 saturated carbocycles. The molecule has 2 aromatic heterocycles. The number of nitrogens with one attached hydrogen (secondary N) is 2. The van der Waals surface area contributed by atoms with Crippen LogP contribution in [0.1, 0.15) is 30.0 Å². The van der Waals surface area contributed by atoms with E-state index >= 15 is 0 Å². The van der Waals surface area contributed by atoms with Crippen LogP contribution in [0, 0.1) is 5.92 Å². The molecule has 0 aliphatic carbocycles. The summed E-state index contributed by atoms with van der Waals surface area (Å²) in [4.78, 5) is 25.1. The molecule has 8 heteroatoms. The molecule has 1 aromatic carbocycles. The number of hydrogen-bond donors (Lipinski definition) is 2. The van der Waals surface area contributed by atoms with Crippen molar-refractivity contribution in [2.75, 3.05) is 6.54 Å². The number of carbonyl (C=O) groups is 2. The maximum absolute atomic E-state index is 12.6. The molecule has 0 spiro atoms. The average Bonchev–Trinajstić information content (AvgIpc) is 3.09.